The Morgan fingerprint density at radius 3 is 2.03 bits per heavy atom. The fourth-order valence-corrected chi connectivity index (χ4v) is 2.64. The Bertz CT molecular complexity index is 928. The number of benzene rings is 1. The standard InChI is InChI=1S/C24H34N2O9/c1-6-33-24(32)17(26-20(27)10-8-16(25)21(28)29)11-15-7-9-18(34-22(30)13(2)3)19(12-15)35-23(31)14(4)5/h7,9,12-14,16-17H,6,8,10-11,25H2,1-5H3,(H,26,27)(H,28,29)/t16-,17-/m0/s1. The number of aliphatic carboxylic acids is 1. The number of amides is 1. The van der Waals surface area contributed by atoms with E-state index >= 15 is 0 Å². The maximum Gasteiger partial charge on any atom is 0.328 e. The number of esters is 3. The minimum absolute atomic E-state index is 0.00318. The largest absolute Gasteiger partial charge is 0.480 e. The molecule has 1 aromatic rings. The van der Waals surface area contributed by atoms with Gasteiger partial charge in [0.05, 0.1) is 18.4 Å². The second-order valence-electron chi connectivity index (χ2n) is 8.49. The lowest BCUT2D eigenvalue weighted by atomic mass is 10.0. The molecule has 0 aliphatic carbocycles. The minimum Gasteiger partial charge on any atom is -0.480 e. The second kappa shape index (κ2) is 14.1. The highest BCUT2D eigenvalue weighted by atomic mass is 16.6. The third-order valence-electron chi connectivity index (χ3n) is 4.72. The molecule has 2 atom stereocenters. The Morgan fingerprint density at radius 1 is 0.943 bits per heavy atom. The van der Waals surface area contributed by atoms with E-state index in [9.17, 15) is 24.0 Å². The van der Waals surface area contributed by atoms with Crippen molar-refractivity contribution >= 4 is 29.8 Å². The third kappa shape index (κ3) is 10.1. The molecular formula is C24H34N2O9. The van der Waals surface area contributed by atoms with Crippen LogP contribution < -0.4 is 20.5 Å². The Balaban J connectivity index is 3.14. The highest BCUT2D eigenvalue weighted by molar-refractivity contribution is 5.85. The van der Waals surface area contributed by atoms with Gasteiger partial charge in [-0.25, -0.2) is 4.79 Å². The number of nitrogens with one attached hydrogen (secondary N) is 1. The predicted octanol–water partition coefficient (Wildman–Crippen LogP) is 1.59. The van der Waals surface area contributed by atoms with Crippen LogP contribution in [0.1, 0.15) is 53.0 Å². The summed E-state index contributed by atoms with van der Waals surface area (Å²) in [5.74, 6) is -4.39. The number of carbonyl (C=O) groups is 5. The first-order chi connectivity index (χ1) is 16.3. The van der Waals surface area contributed by atoms with Crippen molar-refractivity contribution in [1.82, 2.24) is 5.32 Å². The molecule has 1 aromatic carbocycles. The number of carboxylic acid groups (broad SMARTS) is 1. The van der Waals surface area contributed by atoms with E-state index in [1.165, 1.54) is 12.1 Å². The molecule has 11 heteroatoms. The molecule has 1 rings (SSSR count). The first-order valence-electron chi connectivity index (χ1n) is 11.4. The molecule has 1 amide bonds. The number of rotatable bonds is 13. The quantitative estimate of drug-likeness (QED) is 0.270. The first-order valence-corrected chi connectivity index (χ1v) is 11.4. The van der Waals surface area contributed by atoms with Crippen LogP contribution in [0.4, 0.5) is 0 Å². The van der Waals surface area contributed by atoms with Gasteiger partial charge in [-0.3, -0.25) is 19.2 Å². The van der Waals surface area contributed by atoms with E-state index in [4.69, 9.17) is 25.1 Å². The van der Waals surface area contributed by atoms with Crippen molar-refractivity contribution in [2.45, 2.75) is 66.0 Å². The lowest BCUT2D eigenvalue weighted by Gasteiger charge is -2.19. The Labute approximate surface area is 204 Å². The molecule has 194 valence electrons. The minimum atomic E-state index is -1.23. The van der Waals surface area contributed by atoms with Crippen molar-refractivity contribution in [3.63, 3.8) is 0 Å². The third-order valence-corrected chi connectivity index (χ3v) is 4.72. The molecule has 0 aliphatic rings. The van der Waals surface area contributed by atoms with Crippen LogP contribution in [0.2, 0.25) is 0 Å². The Morgan fingerprint density at radius 2 is 1.51 bits per heavy atom. The van der Waals surface area contributed by atoms with Gasteiger partial charge < -0.3 is 30.4 Å². The highest BCUT2D eigenvalue weighted by Gasteiger charge is 2.25. The fraction of sp³-hybridized carbons (Fsp3) is 0.542. The van der Waals surface area contributed by atoms with Gasteiger partial charge in [0.25, 0.3) is 0 Å². The molecule has 0 heterocycles. The molecule has 0 saturated carbocycles. The summed E-state index contributed by atoms with van der Waals surface area (Å²) in [6.07, 6.45) is -0.340. The maximum absolute atomic E-state index is 12.5. The number of carbonyl (C=O) groups excluding carboxylic acids is 4. The summed E-state index contributed by atoms with van der Waals surface area (Å²) >= 11 is 0. The summed E-state index contributed by atoms with van der Waals surface area (Å²) in [7, 11) is 0. The molecule has 4 N–H and O–H groups in total. The summed E-state index contributed by atoms with van der Waals surface area (Å²) in [6, 6.07) is 2.15. The maximum atomic E-state index is 12.5. The smallest absolute Gasteiger partial charge is 0.328 e. The molecule has 0 spiro atoms. The molecule has 0 bridgehead atoms. The highest BCUT2D eigenvalue weighted by Crippen LogP contribution is 2.30. The summed E-state index contributed by atoms with van der Waals surface area (Å²) in [4.78, 5) is 59.9. The molecule has 0 aliphatic heterocycles. The number of ether oxygens (including phenoxy) is 3. The fourth-order valence-electron chi connectivity index (χ4n) is 2.64. The zero-order valence-electron chi connectivity index (χ0n) is 20.7. The number of hydrogen-bond acceptors (Lipinski definition) is 9. The van der Waals surface area contributed by atoms with Gasteiger partial charge in [0, 0.05) is 12.8 Å². The summed E-state index contributed by atoms with van der Waals surface area (Å²) in [6.45, 7) is 8.31. The van der Waals surface area contributed by atoms with E-state index in [1.54, 1.807) is 40.7 Å². The number of carboxylic acids is 1. The van der Waals surface area contributed by atoms with Crippen molar-refractivity contribution in [2.24, 2.45) is 17.6 Å². The second-order valence-corrected chi connectivity index (χ2v) is 8.49. The van der Waals surface area contributed by atoms with Gasteiger partial charge in [0.2, 0.25) is 5.91 Å². The number of hydrogen-bond donors (Lipinski definition) is 3. The summed E-state index contributed by atoms with van der Waals surface area (Å²) in [5, 5.41) is 11.4. The van der Waals surface area contributed by atoms with E-state index in [1.807, 2.05) is 0 Å². The van der Waals surface area contributed by atoms with Gasteiger partial charge in [-0.15, -0.1) is 0 Å². The zero-order valence-corrected chi connectivity index (χ0v) is 20.7. The zero-order chi connectivity index (χ0) is 26.7. The van der Waals surface area contributed by atoms with Crippen LogP contribution in [0.3, 0.4) is 0 Å². The van der Waals surface area contributed by atoms with Crippen LogP contribution in [-0.2, 0) is 35.1 Å². The van der Waals surface area contributed by atoms with Crippen LogP contribution >= 0.6 is 0 Å². The SMILES string of the molecule is CCOC(=O)[C@H](Cc1ccc(OC(=O)C(C)C)c(OC(=O)C(C)C)c1)NC(=O)CC[C@H](N)C(=O)O. The van der Waals surface area contributed by atoms with Crippen molar-refractivity contribution in [3.05, 3.63) is 23.8 Å². The van der Waals surface area contributed by atoms with Crippen LogP contribution in [0.5, 0.6) is 11.5 Å². The molecule has 0 saturated heterocycles. The van der Waals surface area contributed by atoms with E-state index in [2.05, 4.69) is 5.32 Å². The lowest BCUT2D eigenvalue weighted by molar-refractivity contribution is -0.147. The Hall–Kier alpha value is -3.47. The van der Waals surface area contributed by atoms with Gasteiger partial charge in [0.1, 0.15) is 12.1 Å². The normalized spacial score (nSPS) is 12.6. The topological polar surface area (TPSA) is 171 Å². The van der Waals surface area contributed by atoms with Crippen molar-refractivity contribution in [2.75, 3.05) is 6.61 Å². The molecular weight excluding hydrogens is 460 g/mol. The van der Waals surface area contributed by atoms with Crippen molar-refractivity contribution in [1.29, 1.82) is 0 Å². The van der Waals surface area contributed by atoms with E-state index in [-0.39, 0.29) is 37.4 Å². The summed E-state index contributed by atoms with van der Waals surface area (Å²) < 4.78 is 15.8. The average molecular weight is 495 g/mol. The average Bonchev–Trinajstić information content (AvgIpc) is 2.78. The van der Waals surface area contributed by atoms with E-state index in [0.29, 0.717) is 5.56 Å². The van der Waals surface area contributed by atoms with Gasteiger partial charge in [-0.05, 0) is 31.0 Å². The predicted molar refractivity (Wildman–Crippen MR) is 125 cm³/mol. The number of nitrogens with two attached hydrogens (primary N) is 1. The van der Waals surface area contributed by atoms with E-state index < -0.39 is 53.7 Å². The van der Waals surface area contributed by atoms with Crippen LogP contribution in [0, 0.1) is 11.8 Å². The van der Waals surface area contributed by atoms with Gasteiger partial charge in [0.15, 0.2) is 11.5 Å². The molecule has 35 heavy (non-hydrogen) atoms. The molecule has 0 aromatic heterocycles. The van der Waals surface area contributed by atoms with Crippen LogP contribution in [-0.4, -0.2) is 53.6 Å². The van der Waals surface area contributed by atoms with Crippen molar-refractivity contribution < 1.29 is 43.3 Å². The molecule has 0 radical (unpaired) electrons. The van der Waals surface area contributed by atoms with Crippen molar-refractivity contribution in [3.8, 4) is 11.5 Å². The van der Waals surface area contributed by atoms with Gasteiger partial charge in [-0.2, -0.15) is 0 Å². The van der Waals surface area contributed by atoms with Gasteiger partial charge >= 0.3 is 23.9 Å². The van der Waals surface area contributed by atoms with Gasteiger partial charge in [-0.1, -0.05) is 33.8 Å². The Kier molecular flexibility index (Phi) is 11.9. The first kappa shape index (κ1) is 29.6. The summed E-state index contributed by atoms with van der Waals surface area (Å²) in [5.41, 5.74) is 5.91. The molecule has 11 nitrogen and oxygen atoms in total. The monoisotopic (exact) mass is 494 g/mol. The van der Waals surface area contributed by atoms with E-state index in [0.717, 1.165) is 0 Å². The van der Waals surface area contributed by atoms with Crippen LogP contribution in [0.15, 0.2) is 18.2 Å². The lowest BCUT2D eigenvalue weighted by Crippen LogP contribution is -2.44. The molecule has 0 fully saturated rings. The molecule has 0 unspecified atom stereocenters. The van der Waals surface area contributed by atoms with Crippen LogP contribution in [0.25, 0.3) is 0 Å².